The summed E-state index contributed by atoms with van der Waals surface area (Å²) in [4.78, 5) is 15.4. The van der Waals surface area contributed by atoms with Crippen molar-refractivity contribution < 1.29 is 23.7 Å². The third-order valence-electron chi connectivity index (χ3n) is 7.35. The topological polar surface area (TPSA) is 87.1 Å². The Balaban J connectivity index is 1.38. The lowest BCUT2D eigenvalue weighted by Crippen LogP contribution is -2.59. The molecule has 0 bridgehead atoms. The van der Waals surface area contributed by atoms with Gasteiger partial charge in [-0.1, -0.05) is 19.3 Å². The van der Waals surface area contributed by atoms with Crippen molar-refractivity contribution in [1.29, 1.82) is 0 Å². The van der Waals surface area contributed by atoms with Crippen LogP contribution >= 0.6 is 0 Å². The number of benzene rings is 1. The average molecular weight is 485 g/mol. The van der Waals surface area contributed by atoms with Crippen LogP contribution < -0.4 is 14.8 Å². The smallest absolute Gasteiger partial charge is 0.341 e. The van der Waals surface area contributed by atoms with E-state index in [0.717, 1.165) is 50.0 Å². The van der Waals surface area contributed by atoms with Gasteiger partial charge >= 0.3 is 5.97 Å². The summed E-state index contributed by atoms with van der Waals surface area (Å²) >= 11 is 0. The first kappa shape index (κ1) is 24.1. The second kappa shape index (κ2) is 11.0. The van der Waals surface area contributed by atoms with E-state index >= 15 is 0 Å². The molecule has 1 aromatic carbocycles. The number of esters is 1. The number of ether oxygens (including phenoxy) is 4. The minimum atomic E-state index is -0.353. The summed E-state index contributed by atoms with van der Waals surface area (Å²) in [5, 5.41) is 8.26. The zero-order valence-electron chi connectivity index (χ0n) is 20.6. The normalized spacial score (nSPS) is 19.9. The zero-order valence-corrected chi connectivity index (χ0v) is 20.6. The van der Waals surface area contributed by atoms with Crippen molar-refractivity contribution in [2.45, 2.75) is 51.1 Å². The predicted octanol–water partition coefficient (Wildman–Crippen LogP) is 2.94. The van der Waals surface area contributed by atoms with E-state index in [-0.39, 0.29) is 11.5 Å². The monoisotopic (exact) mass is 484 g/mol. The lowest BCUT2D eigenvalue weighted by atomic mass is 9.79. The number of nitrogens with one attached hydrogen (secondary N) is 1. The van der Waals surface area contributed by atoms with Crippen molar-refractivity contribution in [3.63, 3.8) is 0 Å². The van der Waals surface area contributed by atoms with Crippen LogP contribution in [-0.4, -0.2) is 78.9 Å². The maximum absolute atomic E-state index is 12.7. The van der Waals surface area contributed by atoms with E-state index in [4.69, 9.17) is 18.9 Å². The molecule has 1 aromatic heterocycles. The number of nitrogens with zero attached hydrogens (tertiary/aromatic N) is 3. The number of hydrogen-bond acceptors (Lipinski definition) is 8. The Labute approximate surface area is 206 Å². The molecule has 2 aliphatic heterocycles. The molecule has 1 saturated carbocycles. The quantitative estimate of drug-likeness (QED) is 0.573. The molecular weight excluding hydrogens is 448 g/mol. The summed E-state index contributed by atoms with van der Waals surface area (Å²) < 4.78 is 24.2. The molecule has 1 N–H and O–H groups in total. The van der Waals surface area contributed by atoms with Crippen molar-refractivity contribution in [3.05, 3.63) is 35.7 Å². The molecule has 3 heterocycles. The summed E-state index contributed by atoms with van der Waals surface area (Å²) in [6.07, 6.45) is 7.78. The molecule has 0 atom stereocenters. The van der Waals surface area contributed by atoms with Crippen LogP contribution in [0.3, 0.4) is 0 Å². The third-order valence-corrected chi connectivity index (χ3v) is 7.35. The Kier molecular flexibility index (Phi) is 7.55. The molecule has 2 fully saturated rings. The highest BCUT2D eigenvalue weighted by Gasteiger charge is 2.38. The molecule has 0 radical (unpaired) electrons. The average Bonchev–Trinajstić information content (AvgIpc) is 3.33. The molecule has 3 aliphatic rings. The van der Waals surface area contributed by atoms with E-state index in [1.54, 1.807) is 10.9 Å². The molecule has 190 valence electrons. The first-order chi connectivity index (χ1) is 17.2. The van der Waals surface area contributed by atoms with Crippen LogP contribution in [0.4, 0.5) is 0 Å². The number of hydrogen-bond donors (Lipinski definition) is 1. The molecule has 2 aromatic rings. The van der Waals surface area contributed by atoms with Crippen LogP contribution in [0.2, 0.25) is 0 Å². The van der Waals surface area contributed by atoms with E-state index in [0.29, 0.717) is 37.7 Å². The van der Waals surface area contributed by atoms with Crippen LogP contribution in [0.25, 0.3) is 5.69 Å². The first-order valence-electron chi connectivity index (χ1n) is 12.9. The van der Waals surface area contributed by atoms with Crippen molar-refractivity contribution in [1.82, 2.24) is 20.0 Å². The fourth-order valence-electron chi connectivity index (χ4n) is 5.58. The number of carbonyl (C=O) groups excluding carboxylic acids is 1. The first-order valence-corrected chi connectivity index (χ1v) is 12.9. The molecule has 5 rings (SSSR count). The van der Waals surface area contributed by atoms with E-state index in [1.807, 2.05) is 25.1 Å². The Morgan fingerprint density at radius 2 is 1.86 bits per heavy atom. The summed E-state index contributed by atoms with van der Waals surface area (Å²) in [7, 11) is 0. The minimum absolute atomic E-state index is 0.133. The van der Waals surface area contributed by atoms with Gasteiger partial charge in [0.05, 0.1) is 37.4 Å². The Morgan fingerprint density at radius 1 is 1.09 bits per heavy atom. The third kappa shape index (κ3) is 5.17. The molecule has 1 saturated heterocycles. The fraction of sp³-hybridized carbons (Fsp3) is 0.615. The largest absolute Gasteiger partial charge is 0.486 e. The standard InChI is InChI=1S/C26H36N4O5/c1-2-33-25(31)21-17-28-30(20-6-7-23-24(16-20)35-15-14-34-23)22(21)18-27-19-26(8-4-3-5-9-26)29-10-12-32-13-11-29/h6-7,16-17,27H,2-5,8-15,18-19H2,1H3. The lowest BCUT2D eigenvalue weighted by molar-refractivity contribution is -0.0369. The fourth-order valence-corrected chi connectivity index (χ4v) is 5.58. The zero-order chi connectivity index (χ0) is 24.1. The van der Waals surface area contributed by atoms with Gasteiger partial charge in [0.15, 0.2) is 11.5 Å². The Morgan fingerprint density at radius 3 is 2.63 bits per heavy atom. The van der Waals surface area contributed by atoms with Gasteiger partial charge in [0.25, 0.3) is 0 Å². The van der Waals surface area contributed by atoms with Gasteiger partial charge in [-0.15, -0.1) is 0 Å². The van der Waals surface area contributed by atoms with Gasteiger partial charge in [-0.25, -0.2) is 9.48 Å². The van der Waals surface area contributed by atoms with Gasteiger partial charge in [-0.2, -0.15) is 5.10 Å². The molecule has 1 aliphatic carbocycles. The van der Waals surface area contributed by atoms with Crippen molar-refractivity contribution in [2.75, 3.05) is 52.7 Å². The molecule has 0 unspecified atom stereocenters. The minimum Gasteiger partial charge on any atom is -0.486 e. The summed E-state index contributed by atoms with van der Waals surface area (Å²) in [6.45, 7) is 8.11. The predicted molar refractivity (Wildman–Crippen MR) is 130 cm³/mol. The molecule has 0 spiro atoms. The van der Waals surface area contributed by atoms with Gasteiger partial charge < -0.3 is 24.3 Å². The van der Waals surface area contributed by atoms with E-state index in [1.165, 1.54) is 32.1 Å². The van der Waals surface area contributed by atoms with Gasteiger partial charge in [0.2, 0.25) is 0 Å². The van der Waals surface area contributed by atoms with Gasteiger partial charge in [-0.3, -0.25) is 4.90 Å². The van der Waals surface area contributed by atoms with Crippen molar-refractivity contribution in [3.8, 4) is 17.2 Å². The van der Waals surface area contributed by atoms with Crippen molar-refractivity contribution >= 4 is 5.97 Å². The van der Waals surface area contributed by atoms with Crippen molar-refractivity contribution in [2.24, 2.45) is 0 Å². The van der Waals surface area contributed by atoms with E-state index < -0.39 is 0 Å². The Bertz CT molecular complexity index is 1010. The summed E-state index contributed by atoms with van der Waals surface area (Å²) in [6, 6.07) is 5.74. The Hall–Kier alpha value is -2.62. The lowest BCUT2D eigenvalue weighted by Gasteiger charge is -2.48. The highest BCUT2D eigenvalue weighted by atomic mass is 16.6. The van der Waals surface area contributed by atoms with Gasteiger partial charge in [0.1, 0.15) is 18.8 Å². The second-order valence-corrected chi connectivity index (χ2v) is 9.45. The molecule has 9 heteroatoms. The van der Waals surface area contributed by atoms with Gasteiger partial charge in [0, 0.05) is 37.8 Å². The SMILES string of the molecule is CCOC(=O)c1cnn(-c2ccc3c(c2)OCCO3)c1CNCC1(N2CCOCC2)CCCCC1. The number of carbonyl (C=O) groups is 1. The maximum Gasteiger partial charge on any atom is 0.341 e. The van der Waals surface area contributed by atoms with Crippen LogP contribution in [0.5, 0.6) is 11.5 Å². The summed E-state index contributed by atoms with van der Waals surface area (Å²) in [5.41, 5.74) is 2.22. The van der Waals surface area contributed by atoms with Crippen LogP contribution in [-0.2, 0) is 16.0 Å². The molecule has 35 heavy (non-hydrogen) atoms. The molecular formula is C26H36N4O5. The number of morpholine rings is 1. The van der Waals surface area contributed by atoms with Crippen LogP contribution in [0.15, 0.2) is 24.4 Å². The highest BCUT2D eigenvalue weighted by molar-refractivity contribution is 5.90. The molecule has 0 amide bonds. The summed E-state index contributed by atoms with van der Waals surface area (Å²) in [5.74, 6) is 1.06. The maximum atomic E-state index is 12.7. The van der Waals surface area contributed by atoms with E-state index in [2.05, 4.69) is 15.3 Å². The second-order valence-electron chi connectivity index (χ2n) is 9.45. The number of aromatic nitrogens is 2. The van der Waals surface area contributed by atoms with Crippen LogP contribution in [0.1, 0.15) is 55.1 Å². The van der Waals surface area contributed by atoms with Gasteiger partial charge in [-0.05, 0) is 31.9 Å². The molecule has 9 nitrogen and oxygen atoms in total. The highest BCUT2D eigenvalue weighted by Crippen LogP contribution is 2.35. The number of rotatable bonds is 8. The number of fused-ring (bicyclic) bond motifs is 1. The van der Waals surface area contributed by atoms with Crippen LogP contribution in [0, 0.1) is 0 Å². The van der Waals surface area contributed by atoms with E-state index in [9.17, 15) is 4.79 Å².